The first-order valence-corrected chi connectivity index (χ1v) is 7.26. The van der Waals surface area contributed by atoms with Crippen molar-refractivity contribution in [2.75, 3.05) is 13.6 Å². The van der Waals surface area contributed by atoms with Crippen LogP contribution >= 0.6 is 0 Å². The standard InChI is InChI=1S/C16H20N4O/c1-20-10-13-5-3-2-4-12(13)8-15(20)16(21)18-7-6-14-9-17-11-19-14/h2-5,9,11,15H,6-8,10H2,1H3,(H,17,19)(H,18,21)/t15-/m0/s1. The molecular weight excluding hydrogens is 264 g/mol. The van der Waals surface area contributed by atoms with Gasteiger partial charge in [-0.2, -0.15) is 0 Å². The number of imidazole rings is 1. The van der Waals surface area contributed by atoms with E-state index in [0.717, 1.165) is 25.1 Å². The van der Waals surface area contributed by atoms with Crippen LogP contribution in [0.25, 0.3) is 0 Å². The average molecular weight is 284 g/mol. The van der Waals surface area contributed by atoms with Crippen molar-refractivity contribution in [2.24, 2.45) is 0 Å². The van der Waals surface area contributed by atoms with Gasteiger partial charge in [-0.05, 0) is 24.6 Å². The van der Waals surface area contributed by atoms with Crippen LogP contribution in [0.4, 0.5) is 0 Å². The summed E-state index contributed by atoms with van der Waals surface area (Å²) in [7, 11) is 2.01. The Hall–Kier alpha value is -2.14. The summed E-state index contributed by atoms with van der Waals surface area (Å²) in [5.41, 5.74) is 3.64. The first kappa shape index (κ1) is 13.8. The van der Waals surface area contributed by atoms with Gasteiger partial charge in [-0.1, -0.05) is 24.3 Å². The van der Waals surface area contributed by atoms with Crippen LogP contribution in [0.2, 0.25) is 0 Å². The number of likely N-dealkylation sites (N-methyl/N-ethyl adjacent to an activating group) is 1. The molecule has 2 heterocycles. The van der Waals surface area contributed by atoms with Gasteiger partial charge in [0.1, 0.15) is 0 Å². The second-order valence-electron chi connectivity index (χ2n) is 5.52. The van der Waals surface area contributed by atoms with Gasteiger partial charge in [-0.15, -0.1) is 0 Å². The van der Waals surface area contributed by atoms with E-state index in [1.165, 1.54) is 11.1 Å². The van der Waals surface area contributed by atoms with Crippen molar-refractivity contribution in [3.63, 3.8) is 0 Å². The molecule has 1 amide bonds. The predicted octanol–water partition coefficient (Wildman–Crippen LogP) is 1.13. The largest absolute Gasteiger partial charge is 0.354 e. The van der Waals surface area contributed by atoms with Crippen molar-refractivity contribution in [1.82, 2.24) is 20.2 Å². The monoisotopic (exact) mass is 284 g/mol. The summed E-state index contributed by atoms with van der Waals surface area (Å²) in [5.74, 6) is 0.103. The van der Waals surface area contributed by atoms with Gasteiger partial charge in [-0.3, -0.25) is 9.69 Å². The number of hydrogen-bond donors (Lipinski definition) is 2. The fourth-order valence-electron chi connectivity index (χ4n) is 2.81. The van der Waals surface area contributed by atoms with Gasteiger partial charge < -0.3 is 10.3 Å². The summed E-state index contributed by atoms with van der Waals surface area (Å²) in [4.78, 5) is 21.5. The molecule has 1 atom stereocenters. The molecule has 110 valence electrons. The van der Waals surface area contributed by atoms with E-state index in [1.807, 2.05) is 13.1 Å². The third kappa shape index (κ3) is 3.13. The SMILES string of the molecule is CN1Cc2ccccc2C[C@H]1C(=O)NCCc1cnc[nH]1. The van der Waals surface area contributed by atoms with Crippen molar-refractivity contribution >= 4 is 5.91 Å². The molecule has 2 aromatic rings. The lowest BCUT2D eigenvalue weighted by Gasteiger charge is -2.33. The lowest BCUT2D eigenvalue weighted by Crippen LogP contribution is -2.48. The Balaban J connectivity index is 1.57. The first-order valence-electron chi connectivity index (χ1n) is 7.26. The molecule has 1 aliphatic heterocycles. The molecule has 5 heteroatoms. The van der Waals surface area contributed by atoms with Gasteiger partial charge in [0.2, 0.25) is 5.91 Å². The normalized spacial score (nSPS) is 18.2. The van der Waals surface area contributed by atoms with Crippen LogP contribution in [0.1, 0.15) is 16.8 Å². The zero-order valence-corrected chi connectivity index (χ0v) is 12.2. The number of rotatable bonds is 4. The van der Waals surface area contributed by atoms with E-state index in [9.17, 15) is 4.79 Å². The van der Waals surface area contributed by atoms with Crippen LogP contribution < -0.4 is 5.32 Å². The topological polar surface area (TPSA) is 61.0 Å². The van der Waals surface area contributed by atoms with Gasteiger partial charge in [-0.25, -0.2) is 4.98 Å². The van der Waals surface area contributed by atoms with Crippen LogP contribution in [-0.4, -0.2) is 40.4 Å². The van der Waals surface area contributed by atoms with Crippen molar-refractivity contribution < 1.29 is 4.79 Å². The molecule has 1 aromatic heterocycles. The zero-order chi connectivity index (χ0) is 14.7. The Bertz CT molecular complexity index is 608. The Labute approximate surface area is 124 Å². The van der Waals surface area contributed by atoms with Crippen LogP contribution in [0.15, 0.2) is 36.8 Å². The Morgan fingerprint density at radius 3 is 3.00 bits per heavy atom. The van der Waals surface area contributed by atoms with E-state index in [-0.39, 0.29) is 11.9 Å². The van der Waals surface area contributed by atoms with E-state index in [1.54, 1.807) is 12.5 Å². The van der Waals surface area contributed by atoms with Gasteiger partial charge >= 0.3 is 0 Å². The first-order chi connectivity index (χ1) is 10.2. The number of benzene rings is 1. The fraction of sp³-hybridized carbons (Fsp3) is 0.375. The number of fused-ring (bicyclic) bond motifs is 1. The molecular formula is C16H20N4O. The quantitative estimate of drug-likeness (QED) is 0.884. The summed E-state index contributed by atoms with van der Waals surface area (Å²) in [6, 6.07) is 8.27. The summed E-state index contributed by atoms with van der Waals surface area (Å²) < 4.78 is 0. The number of H-pyrrole nitrogens is 1. The van der Waals surface area contributed by atoms with Crippen molar-refractivity contribution in [2.45, 2.75) is 25.4 Å². The third-order valence-corrected chi connectivity index (χ3v) is 4.03. The van der Waals surface area contributed by atoms with E-state index >= 15 is 0 Å². The highest BCUT2D eigenvalue weighted by atomic mass is 16.2. The van der Waals surface area contributed by atoms with Crippen molar-refractivity contribution in [3.05, 3.63) is 53.6 Å². The molecule has 0 aliphatic carbocycles. The summed E-state index contributed by atoms with van der Waals surface area (Å²) in [6.45, 7) is 1.46. The van der Waals surface area contributed by atoms with E-state index in [4.69, 9.17) is 0 Å². The Kier molecular flexibility index (Phi) is 4.01. The number of nitrogens with one attached hydrogen (secondary N) is 2. The second-order valence-corrected chi connectivity index (χ2v) is 5.52. The van der Waals surface area contributed by atoms with Crippen LogP contribution in [0, 0.1) is 0 Å². The molecule has 1 aromatic carbocycles. The lowest BCUT2D eigenvalue weighted by atomic mass is 9.94. The molecule has 21 heavy (non-hydrogen) atoms. The molecule has 0 fully saturated rings. The summed E-state index contributed by atoms with van der Waals surface area (Å²) in [6.07, 6.45) is 5.00. The molecule has 0 radical (unpaired) electrons. The number of aromatic amines is 1. The number of hydrogen-bond acceptors (Lipinski definition) is 3. The predicted molar refractivity (Wildman–Crippen MR) is 80.7 cm³/mol. The number of nitrogens with zero attached hydrogens (tertiary/aromatic N) is 2. The molecule has 0 spiro atoms. The fourth-order valence-corrected chi connectivity index (χ4v) is 2.81. The molecule has 2 N–H and O–H groups in total. The van der Waals surface area contributed by atoms with Gasteiger partial charge in [0.05, 0.1) is 12.4 Å². The molecule has 0 saturated heterocycles. The highest BCUT2D eigenvalue weighted by Gasteiger charge is 2.28. The van der Waals surface area contributed by atoms with Crippen LogP contribution in [0.5, 0.6) is 0 Å². The van der Waals surface area contributed by atoms with Crippen molar-refractivity contribution in [1.29, 1.82) is 0 Å². The Morgan fingerprint density at radius 2 is 2.24 bits per heavy atom. The van der Waals surface area contributed by atoms with E-state index in [2.05, 4.69) is 38.4 Å². The maximum absolute atomic E-state index is 12.4. The molecule has 1 aliphatic rings. The lowest BCUT2D eigenvalue weighted by molar-refractivity contribution is -0.126. The number of carbonyl (C=O) groups excluding carboxylic acids is 1. The summed E-state index contributed by atoms with van der Waals surface area (Å²) >= 11 is 0. The minimum atomic E-state index is -0.0818. The third-order valence-electron chi connectivity index (χ3n) is 4.03. The number of aromatic nitrogens is 2. The average Bonchev–Trinajstić information content (AvgIpc) is 2.99. The zero-order valence-electron chi connectivity index (χ0n) is 12.2. The Morgan fingerprint density at radius 1 is 1.43 bits per heavy atom. The minimum absolute atomic E-state index is 0.0818. The van der Waals surface area contributed by atoms with E-state index < -0.39 is 0 Å². The van der Waals surface area contributed by atoms with Crippen molar-refractivity contribution in [3.8, 4) is 0 Å². The maximum Gasteiger partial charge on any atom is 0.237 e. The summed E-state index contributed by atoms with van der Waals surface area (Å²) in [5, 5.41) is 3.02. The maximum atomic E-state index is 12.4. The van der Waals surface area contributed by atoms with Gasteiger partial charge in [0.25, 0.3) is 0 Å². The number of carbonyl (C=O) groups is 1. The van der Waals surface area contributed by atoms with Gasteiger partial charge in [0, 0.05) is 31.4 Å². The second kappa shape index (κ2) is 6.10. The van der Waals surface area contributed by atoms with Crippen LogP contribution in [-0.2, 0) is 24.2 Å². The smallest absolute Gasteiger partial charge is 0.237 e. The molecule has 5 nitrogen and oxygen atoms in total. The molecule has 0 saturated carbocycles. The molecule has 0 bridgehead atoms. The van der Waals surface area contributed by atoms with Crippen LogP contribution in [0.3, 0.4) is 0 Å². The van der Waals surface area contributed by atoms with Gasteiger partial charge in [0.15, 0.2) is 0 Å². The molecule has 0 unspecified atom stereocenters. The minimum Gasteiger partial charge on any atom is -0.354 e. The number of amides is 1. The molecule has 3 rings (SSSR count). The highest BCUT2D eigenvalue weighted by molar-refractivity contribution is 5.82. The highest BCUT2D eigenvalue weighted by Crippen LogP contribution is 2.21. The van der Waals surface area contributed by atoms with E-state index in [0.29, 0.717) is 6.54 Å².